The summed E-state index contributed by atoms with van der Waals surface area (Å²) < 4.78 is 41.4. The van der Waals surface area contributed by atoms with E-state index in [9.17, 15) is 27.8 Å². The molecule has 1 aliphatic rings. The number of benzene rings is 1. The zero-order valence-corrected chi connectivity index (χ0v) is 11.8. The summed E-state index contributed by atoms with van der Waals surface area (Å²) in [5.74, 6) is -3.06. The number of hydrogen-bond donors (Lipinski definition) is 3. The number of nitrogens with one attached hydrogen (secondary N) is 1. The molecule has 0 saturated carbocycles. The number of para-hydroxylation sites is 1. The molecule has 0 fully saturated rings. The maximum absolute atomic E-state index is 12.1. The Balaban J connectivity index is 2.06. The fourth-order valence-electron chi connectivity index (χ4n) is 2.25. The molecule has 1 aromatic rings. The molecule has 1 heterocycles. The smallest absolute Gasteiger partial charge is 0.534 e. The maximum Gasteiger partial charge on any atom is 0.547 e. The van der Waals surface area contributed by atoms with Gasteiger partial charge in [0.1, 0.15) is 5.75 Å². The van der Waals surface area contributed by atoms with Crippen molar-refractivity contribution < 1.29 is 37.5 Å². The number of carbonyl (C=O) groups is 2. The molecule has 2 rings (SSSR count). The molecule has 1 aromatic carbocycles. The van der Waals surface area contributed by atoms with Crippen LogP contribution in [0.3, 0.4) is 0 Å². The Morgan fingerprint density at radius 2 is 2.09 bits per heavy atom. The number of rotatable bonds is 4. The van der Waals surface area contributed by atoms with Crippen LogP contribution in [0.5, 0.6) is 5.75 Å². The molecule has 0 radical (unpaired) electrons. The van der Waals surface area contributed by atoms with Crippen molar-refractivity contribution in [3.05, 3.63) is 29.3 Å². The van der Waals surface area contributed by atoms with Gasteiger partial charge in [0, 0.05) is 6.42 Å². The van der Waals surface area contributed by atoms with E-state index < -0.39 is 44.0 Å². The van der Waals surface area contributed by atoms with Crippen LogP contribution in [-0.4, -0.2) is 41.2 Å². The van der Waals surface area contributed by atoms with E-state index in [-0.39, 0.29) is 17.7 Å². The molecule has 1 atom stereocenters. The summed E-state index contributed by atoms with van der Waals surface area (Å²) in [6.07, 6.45) is -6.41. The summed E-state index contributed by atoms with van der Waals surface area (Å²) in [5.41, 5.74) is 0.305. The molecule has 0 aliphatic carbocycles. The second-order valence-corrected chi connectivity index (χ2v) is 5.10. The normalized spacial score (nSPS) is 17.2. The van der Waals surface area contributed by atoms with E-state index in [0.717, 1.165) is 0 Å². The summed E-state index contributed by atoms with van der Waals surface area (Å²) in [6, 6.07) is 4.34. The first-order valence-electron chi connectivity index (χ1n) is 6.73. The van der Waals surface area contributed by atoms with Crippen molar-refractivity contribution in [2.45, 2.75) is 31.4 Å². The highest BCUT2D eigenvalue weighted by molar-refractivity contribution is 6.47. The Labute approximate surface area is 129 Å². The Hall–Kier alpha value is -2.23. The molecule has 0 aromatic heterocycles. The first-order valence-corrected chi connectivity index (χ1v) is 6.73. The van der Waals surface area contributed by atoms with E-state index in [1.54, 1.807) is 6.07 Å². The summed E-state index contributed by atoms with van der Waals surface area (Å²) in [7, 11) is -1.54. The SMILES string of the molecule is O=C(CCC(F)(F)F)NC1Cc2cccc(C(=O)O)c2OB1O. The van der Waals surface area contributed by atoms with Crippen LogP contribution < -0.4 is 9.97 Å². The first-order chi connectivity index (χ1) is 10.7. The average molecular weight is 331 g/mol. The van der Waals surface area contributed by atoms with E-state index in [0.29, 0.717) is 5.56 Å². The Kier molecular flexibility index (Phi) is 4.83. The maximum atomic E-state index is 12.1. The van der Waals surface area contributed by atoms with Crippen molar-refractivity contribution in [2.24, 2.45) is 0 Å². The predicted octanol–water partition coefficient (Wildman–Crippen LogP) is 1.17. The van der Waals surface area contributed by atoms with Crippen LogP contribution in [0.1, 0.15) is 28.8 Å². The lowest BCUT2D eigenvalue weighted by atomic mass is 9.72. The van der Waals surface area contributed by atoms with E-state index in [4.69, 9.17) is 9.76 Å². The number of amides is 1. The van der Waals surface area contributed by atoms with Crippen LogP contribution in [0.15, 0.2) is 18.2 Å². The van der Waals surface area contributed by atoms with Crippen molar-refractivity contribution in [1.82, 2.24) is 5.32 Å². The Bertz CT molecular complexity index is 622. The van der Waals surface area contributed by atoms with Crippen molar-refractivity contribution in [3.8, 4) is 5.75 Å². The van der Waals surface area contributed by atoms with Crippen LogP contribution in [-0.2, 0) is 11.2 Å². The fourth-order valence-corrected chi connectivity index (χ4v) is 2.25. The number of halogens is 3. The monoisotopic (exact) mass is 331 g/mol. The highest BCUT2D eigenvalue weighted by atomic mass is 19.4. The quantitative estimate of drug-likeness (QED) is 0.720. The molecule has 0 bridgehead atoms. The van der Waals surface area contributed by atoms with Crippen LogP contribution in [0.2, 0.25) is 0 Å². The summed E-state index contributed by atoms with van der Waals surface area (Å²) in [6.45, 7) is 0. The molecule has 0 spiro atoms. The zero-order valence-electron chi connectivity index (χ0n) is 11.8. The topological polar surface area (TPSA) is 95.9 Å². The third-order valence-electron chi connectivity index (χ3n) is 3.33. The zero-order chi connectivity index (χ0) is 17.2. The molecule has 124 valence electrons. The summed E-state index contributed by atoms with van der Waals surface area (Å²) in [4.78, 5) is 22.6. The van der Waals surface area contributed by atoms with Crippen molar-refractivity contribution >= 4 is 19.0 Å². The second kappa shape index (κ2) is 6.49. The molecule has 6 nitrogen and oxygen atoms in total. The number of alkyl halides is 3. The third-order valence-corrected chi connectivity index (χ3v) is 3.33. The molecule has 1 amide bonds. The van der Waals surface area contributed by atoms with Crippen molar-refractivity contribution in [1.29, 1.82) is 0 Å². The lowest BCUT2D eigenvalue weighted by Gasteiger charge is -2.28. The standard InChI is InChI=1S/C13H13BF3NO5/c15-13(16,17)5-4-10(19)18-9-6-7-2-1-3-8(12(20)21)11(7)23-14(9)22/h1-3,9,22H,4-6H2,(H,18,19)(H,20,21). The molecule has 3 N–H and O–H groups in total. The van der Waals surface area contributed by atoms with Gasteiger partial charge < -0.3 is 20.1 Å². The van der Waals surface area contributed by atoms with Crippen LogP contribution in [0, 0.1) is 0 Å². The molecular formula is C13H13BF3NO5. The van der Waals surface area contributed by atoms with Crippen LogP contribution in [0.25, 0.3) is 0 Å². The lowest BCUT2D eigenvalue weighted by Crippen LogP contribution is -2.53. The fraction of sp³-hybridized carbons (Fsp3) is 0.385. The summed E-state index contributed by atoms with van der Waals surface area (Å²) in [5, 5.41) is 21.2. The average Bonchev–Trinajstić information content (AvgIpc) is 2.44. The lowest BCUT2D eigenvalue weighted by molar-refractivity contribution is -0.144. The van der Waals surface area contributed by atoms with Gasteiger partial charge in [-0.15, -0.1) is 0 Å². The van der Waals surface area contributed by atoms with Gasteiger partial charge in [-0.25, -0.2) is 4.79 Å². The van der Waals surface area contributed by atoms with Crippen molar-refractivity contribution in [3.63, 3.8) is 0 Å². The van der Waals surface area contributed by atoms with Crippen LogP contribution >= 0.6 is 0 Å². The van der Waals surface area contributed by atoms with E-state index >= 15 is 0 Å². The van der Waals surface area contributed by atoms with Gasteiger partial charge in [-0.3, -0.25) is 4.79 Å². The van der Waals surface area contributed by atoms with Gasteiger partial charge in [0.2, 0.25) is 5.91 Å². The Morgan fingerprint density at radius 1 is 1.39 bits per heavy atom. The van der Waals surface area contributed by atoms with Gasteiger partial charge in [-0.2, -0.15) is 13.2 Å². The number of carboxylic acid groups (broad SMARTS) is 1. The second-order valence-electron chi connectivity index (χ2n) is 5.10. The minimum absolute atomic E-state index is 0.00621. The molecule has 1 aliphatic heterocycles. The number of hydrogen-bond acceptors (Lipinski definition) is 4. The summed E-state index contributed by atoms with van der Waals surface area (Å²) >= 11 is 0. The predicted molar refractivity (Wildman–Crippen MR) is 72.9 cm³/mol. The number of carbonyl (C=O) groups excluding carboxylic acids is 1. The highest BCUT2D eigenvalue weighted by Crippen LogP contribution is 2.30. The molecule has 23 heavy (non-hydrogen) atoms. The molecule has 0 saturated heterocycles. The first kappa shape index (κ1) is 17.1. The van der Waals surface area contributed by atoms with Gasteiger partial charge in [0.05, 0.1) is 17.9 Å². The molecule has 10 heteroatoms. The third kappa shape index (κ3) is 4.38. The molecular weight excluding hydrogens is 318 g/mol. The largest absolute Gasteiger partial charge is 0.547 e. The highest BCUT2D eigenvalue weighted by Gasteiger charge is 2.38. The molecule has 1 unspecified atom stereocenters. The Morgan fingerprint density at radius 3 is 2.70 bits per heavy atom. The van der Waals surface area contributed by atoms with Gasteiger partial charge in [0.25, 0.3) is 0 Å². The minimum Gasteiger partial charge on any atom is -0.534 e. The number of aromatic carboxylic acids is 1. The van der Waals surface area contributed by atoms with E-state index in [2.05, 4.69) is 5.32 Å². The minimum atomic E-state index is -4.44. The van der Waals surface area contributed by atoms with Gasteiger partial charge in [-0.1, -0.05) is 12.1 Å². The van der Waals surface area contributed by atoms with E-state index in [1.165, 1.54) is 12.1 Å². The number of carboxylic acids is 1. The van der Waals surface area contributed by atoms with Gasteiger partial charge >= 0.3 is 19.3 Å². The van der Waals surface area contributed by atoms with Crippen LogP contribution in [0.4, 0.5) is 13.2 Å². The van der Waals surface area contributed by atoms with Gasteiger partial charge in [-0.05, 0) is 18.1 Å². The van der Waals surface area contributed by atoms with Gasteiger partial charge in [0.15, 0.2) is 0 Å². The number of fused-ring (bicyclic) bond motifs is 1. The van der Waals surface area contributed by atoms with Crippen molar-refractivity contribution in [2.75, 3.05) is 0 Å². The van der Waals surface area contributed by atoms with E-state index in [1.807, 2.05) is 0 Å².